The van der Waals surface area contributed by atoms with Crippen LogP contribution in [0.1, 0.15) is 33.1 Å². The van der Waals surface area contributed by atoms with Gasteiger partial charge in [-0.3, -0.25) is 0 Å². The number of methoxy groups -OCH3 is 1. The van der Waals surface area contributed by atoms with Gasteiger partial charge in [-0.25, -0.2) is 0 Å². The van der Waals surface area contributed by atoms with E-state index < -0.39 is 0 Å². The van der Waals surface area contributed by atoms with E-state index in [0.29, 0.717) is 6.04 Å². The summed E-state index contributed by atoms with van der Waals surface area (Å²) in [5.74, 6) is 0.819. The molecule has 0 aliphatic rings. The average molecular weight is 173 g/mol. The van der Waals surface area contributed by atoms with Gasteiger partial charge in [-0.1, -0.05) is 20.3 Å². The molecule has 0 saturated heterocycles. The zero-order chi connectivity index (χ0) is 9.40. The largest absolute Gasteiger partial charge is 0.385 e. The first-order valence-corrected chi connectivity index (χ1v) is 4.90. The molecule has 0 fully saturated rings. The molecule has 0 saturated carbocycles. The average Bonchev–Trinajstić information content (AvgIpc) is 2.11. The van der Waals surface area contributed by atoms with Gasteiger partial charge in [0, 0.05) is 19.8 Å². The molecule has 2 atom stereocenters. The highest BCUT2D eigenvalue weighted by molar-refractivity contribution is 4.67. The van der Waals surface area contributed by atoms with Crippen LogP contribution in [0, 0.1) is 5.92 Å². The van der Waals surface area contributed by atoms with E-state index in [1.54, 1.807) is 7.11 Å². The summed E-state index contributed by atoms with van der Waals surface area (Å²) in [5, 5.41) is 3.32. The van der Waals surface area contributed by atoms with Gasteiger partial charge in [-0.05, 0) is 25.8 Å². The molecule has 74 valence electrons. The van der Waals surface area contributed by atoms with Crippen molar-refractivity contribution in [3.8, 4) is 0 Å². The van der Waals surface area contributed by atoms with Crippen molar-refractivity contribution in [1.82, 2.24) is 5.32 Å². The van der Waals surface area contributed by atoms with Crippen molar-refractivity contribution >= 4 is 0 Å². The first-order valence-electron chi connectivity index (χ1n) is 4.90. The summed E-state index contributed by atoms with van der Waals surface area (Å²) in [4.78, 5) is 0. The zero-order valence-electron chi connectivity index (χ0n) is 8.89. The van der Waals surface area contributed by atoms with Crippen LogP contribution in [0.3, 0.4) is 0 Å². The molecule has 0 radical (unpaired) electrons. The van der Waals surface area contributed by atoms with Crippen molar-refractivity contribution in [2.45, 2.75) is 39.2 Å². The summed E-state index contributed by atoms with van der Waals surface area (Å²) in [7, 11) is 3.79. The lowest BCUT2D eigenvalue weighted by atomic mass is 9.98. The summed E-state index contributed by atoms with van der Waals surface area (Å²) < 4.78 is 5.05. The Bertz CT molecular complexity index is 95.8. The summed E-state index contributed by atoms with van der Waals surface area (Å²) >= 11 is 0. The number of hydrogen-bond acceptors (Lipinski definition) is 2. The van der Waals surface area contributed by atoms with Crippen molar-refractivity contribution in [1.29, 1.82) is 0 Å². The highest BCUT2D eigenvalue weighted by Gasteiger charge is 2.09. The SMILES string of the molecule is CCC(C)CC(CCOC)NC. The fraction of sp³-hybridized carbons (Fsp3) is 1.00. The Morgan fingerprint density at radius 2 is 2.08 bits per heavy atom. The fourth-order valence-corrected chi connectivity index (χ4v) is 1.29. The Kier molecular flexibility index (Phi) is 7.51. The van der Waals surface area contributed by atoms with Gasteiger partial charge < -0.3 is 10.1 Å². The first-order chi connectivity index (χ1) is 5.74. The van der Waals surface area contributed by atoms with Crippen molar-refractivity contribution < 1.29 is 4.74 Å². The summed E-state index contributed by atoms with van der Waals surface area (Å²) in [6.45, 7) is 5.41. The van der Waals surface area contributed by atoms with Crippen LogP contribution in [-0.4, -0.2) is 26.8 Å². The predicted molar refractivity (Wildman–Crippen MR) is 53.4 cm³/mol. The molecule has 0 aromatic carbocycles. The minimum atomic E-state index is 0.625. The van der Waals surface area contributed by atoms with E-state index in [-0.39, 0.29) is 0 Å². The van der Waals surface area contributed by atoms with Gasteiger partial charge in [0.25, 0.3) is 0 Å². The number of rotatable bonds is 7. The maximum absolute atomic E-state index is 5.05. The molecular formula is C10H23NO. The lowest BCUT2D eigenvalue weighted by Gasteiger charge is -2.19. The molecule has 2 nitrogen and oxygen atoms in total. The summed E-state index contributed by atoms with van der Waals surface area (Å²) in [6.07, 6.45) is 3.65. The molecule has 0 spiro atoms. The molecule has 0 aliphatic heterocycles. The fourth-order valence-electron chi connectivity index (χ4n) is 1.29. The Balaban J connectivity index is 3.51. The van der Waals surface area contributed by atoms with E-state index >= 15 is 0 Å². The topological polar surface area (TPSA) is 21.3 Å². The van der Waals surface area contributed by atoms with Crippen LogP contribution in [0.2, 0.25) is 0 Å². The van der Waals surface area contributed by atoms with Gasteiger partial charge in [0.2, 0.25) is 0 Å². The quantitative estimate of drug-likeness (QED) is 0.636. The Morgan fingerprint density at radius 3 is 2.50 bits per heavy atom. The lowest BCUT2D eigenvalue weighted by molar-refractivity contribution is 0.179. The van der Waals surface area contributed by atoms with Gasteiger partial charge >= 0.3 is 0 Å². The van der Waals surface area contributed by atoms with Crippen LogP contribution >= 0.6 is 0 Å². The van der Waals surface area contributed by atoms with Gasteiger partial charge in [0.1, 0.15) is 0 Å². The third-order valence-electron chi connectivity index (χ3n) is 2.46. The normalized spacial score (nSPS) is 16.0. The molecule has 0 rings (SSSR count). The second kappa shape index (κ2) is 7.56. The molecule has 2 heteroatoms. The van der Waals surface area contributed by atoms with Crippen LogP contribution in [-0.2, 0) is 4.74 Å². The third kappa shape index (κ3) is 5.56. The van der Waals surface area contributed by atoms with Crippen LogP contribution in [0.25, 0.3) is 0 Å². The number of ether oxygens (including phenoxy) is 1. The van der Waals surface area contributed by atoms with Crippen LogP contribution < -0.4 is 5.32 Å². The van der Waals surface area contributed by atoms with Crippen LogP contribution in [0.4, 0.5) is 0 Å². The second-order valence-corrected chi connectivity index (χ2v) is 3.52. The minimum Gasteiger partial charge on any atom is -0.385 e. The van der Waals surface area contributed by atoms with Crippen LogP contribution in [0.5, 0.6) is 0 Å². The molecule has 0 bridgehead atoms. The van der Waals surface area contributed by atoms with E-state index in [1.807, 2.05) is 7.05 Å². The lowest BCUT2D eigenvalue weighted by Crippen LogP contribution is -2.28. The van der Waals surface area contributed by atoms with Gasteiger partial charge in [-0.15, -0.1) is 0 Å². The molecule has 0 aliphatic carbocycles. The van der Waals surface area contributed by atoms with E-state index in [1.165, 1.54) is 12.8 Å². The number of hydrogen-bond donors (Lipinski definition) is 1. The zero-order valence-corrected chi connectivity index (χ0v) is 8.89. The Hall–Kier alpha value is -0.0800. The van der Waals surface area contributed by atoms with E-state index in [2.05, 4.69) is 19.2 Å². The Morgan fingerprint density at radius 1 is 1.42 bits per heavy atom. The van der Waals surface area contributed by atoms with Gasteiger partial charge in [0.15, 0.2) is 0 Å². The van der Waals surface area contributed by atoms with Gasteiger partial charge in [0.05, 0.1) is 0 Å². The monoisotopic (exact) mass is 173 g/mol. The molecular weight excluding hydrogens is 150 g/mol. The molecule has 0 heterocycles. The molecule has 1 N–H and O–H groups in total. The maximum Gasteiger partial charge on any atom is 0.0477 e. The van der Waals surface area contributed by atoms with E-state index in [0.717, 1.165) is 18.9 Å². The van der Waals surface area contributed by atoms with Crippen molar-refractivity contribution in [2.24, 2.45) is 5.92 Å². The summed E-state index contributed by atoms with van der Waals surface area (Å²) in [5.41, 5.74) is 0. The molecule has 12 heavy (non-hydrogen) atoms. The van der Waals surface area contributed by atoms with Crippen molar-refractivity contribution in [3.05, 3.63) is 0 Å². The highest BCUT2D eigenvalue weighted by atomic mass is 16.5. The van der Waals surface area contributed by atoms with E-state index in [9.17, 15) is 0 Å². The predicted octanol–water partition coefficient (Wildman–Crippen LogP) is 2.05. The standard InChI is InChI=1S/C10H23NO/c1-5-9(2)8-10(11-3)6-7-12-4/h9-11H,5-8H2,1-4H3. The maximum atomic E-state index is 5.05. The van der Waals surface area contributed by atoms with Crippen molar-refractivity contribution in [2.75, 3.05) is 20.8 Å². The smallest absolute Gasteiger partial charge is 0.0477 e. The highest BCUT2D eigenvalue weighted by Crippen LogP contribution is 2.11. The molecule has 0 aromatic heterocycles. The van der Waals surface area contributed by atoms with Gasteiger partial charge in [-0.2, -0.15) is 0 Å². The Labute approximate surface area is 76.7 Å². The minimum absolute atomic E-state index is 0.625. The molecule has 0 amide bonds. The molecule has 2 unspecified atom stereocenters. The molecule has 0 aromatic rings. The number of nitrogens with one attached hydrogen (secondary N) is 1. The van der Waals surface area contributed by atoms with E-state index in [4.69, 9.17) is 4.74 Å². The summed E-state index contributed by atoms with van der Waals surface area (Å²) in [6, 6.07) is 0.625. The first kappa shape index (κ1) is 11.9. The third-order valence-corrected chi connectivity index (χ3v) is 2.46. The second-order valence-electron chi connectivity index (χ2n) is 3.52. The van der Waals surface area contributed by atoms with Crippen LogP contribution in [0.15, 0.2) is 0 Å². The van der Waals surface area contributed by atoms with Crippen molar-refractivity contribution in [3.63, 3.8) is 0 Å².